The molecule has 2 heteroatoms. The maximum absolute atomic E-state index is 2.43. The van der Waals surface area contributed by atoms with E-state index in [2.05, 4.69) is 203 Å². The zero-order valence-corrected chi connectivity index (χ0v) is 28.4. The van der Waals surface area contributed by atoms with E-state index in [1.165, 1.54) is 87.4 Å². The molecule has 0 fully saturated rings. The van der Waals surface area contributed by atoms with Gasteiger partial charge < -0.3 is 9.13 Å². The van der Waals surface area contributed by atoms with Crippen LogP contribution in [0.4, 0.5) is 0 Å². The number of hydrogen-bond donors (Lipinski definition) is 0. The van der Waals surface area contributed by atoms with Gasteiger partial charge in [-0.3, -0.25) is 0 Å². The van der Waals surface area contributed by atoms with Gasteiger partial charge in [0, 0.05) is 32.9 Å². The molecule has 0 N–H and O–H groups in total. The van der Waals surface area contributed by atoms with Crippen LogP contribution in [0.2, 0.25) is 0 Å². The van der Waals surface area contributed by atoms with Crippen molar-refractivity contribution in [1.29, 1.82) is 0 Å². The Hall–Kier alpha value is -6.90. The number of para-hydroxylation sites is 4. The largest absolute Gasteiger partial charge is 0.309 e. The summed E-state index contributed by atoms with van der Waals surface area (Å²) in [6.07, 6.45) is 0. The highest BCUT2D eigenvalue weighted by molar-refractivity contribution is 6.22. The molecule has 52 heavy (non-hydrogen) atoms. The number of rotatable bonds is 4. The van der Waals surface area contributed by atoms with Gasteiger partial charge in [0.2, 0.25) is 0 Å². The average molecular weight is 661 g/mol. The quantitative estimate of drug-likeness (QED) is 0.166. The van der Waals surface area contributed by atoms with Crippen molar-refractivity contribution in [3.63, 3.8) is 0 Å². The molecule has 0 aliphatic heterocycles. The summed E-state index contributed by atoms with van der Waals surface area (Å²) in [5.74, 6) is 0. The predicted molar refractivity (Wildman–Crippen MR) is 221 cm³/mol. The molecule has 0 radical (unpaired) electrons. The third kappa shape index (κ3) is 4.19. The molecule has 11 aromatic rings. The molecule has 0 saturated heterocycles. The Kier molecular flexibility index (Phi) is 6.28. The van der Waals surface area contributed by atoms with Gasteiger partial charge in [-0.2, -0.15) is 0 Å². The van der Waals surface area contributed by atoms with Crippen molar-refractivity contribution in [3.05, 3.63) is 194 Å². The number of benzene rings is 9. The first-order valence-electron chi connectivity index (χ1n) is 17.9. The molecule has 0 saturated carbocycles. The Bertz CT molecular complexity index is 2840. The van der Waals surface area contributed by atoms with Gasteiger partial charge in [0.1, 0.15) is 0 Å². The van der Waals surface area contributed by atoms with E-state index in [1.807, 2.05) is 0 Å². The molecule has 0 aliphatic rings. The average Bonchev–Trinajstić information content (AvgIpc) is 3.73. The van der Waals surface area contributed by atoms with Crippen LogP contribution >= 0.6 is 0 Å². The summed E-state index contributed by atoms with van der Waals surface area (Å²) < 4.78 is 4.85. The molecular formula is C50H32N2. The van der Waals surface area contributed by atoms with E-state index in [9.17, 15) is 0 Å². The summed E-state index contributed by atoms with van der Waals surface area (Å²) >= 11 is 0. The van der Waals surface area contributed by atoms with E-state index in [0.29, 0.717) is 0 Å². The van der Waals surface area contributed by atoms with E-state index < -0.39 is 0 Å². The molecule has 0 bridgehead atoms. The lowest BCUT2D eigenvalue weighted by Crippen LogP contribution is -1.98. The lowest BCUT2D eigenvalue weighted by Gasteiger charge is -2.20. The summed E-state index contributed by atoms with van der Waals surface area (Å²) in [4.78, 5) is 0. The number of fused-ring (bicyclic) bond motifs is 8. The Morgan fingerprint density at radius 3 is 0.885 bits per heavy atom. The summed E-state index contributed by atoms with van der Waals surface area (Å²) in [7, 11) is 0. The molecule has 0 aliphatic carbocycles. The summed E-state index contributed by atoms with van der Waals surface area (Å²) in [5, 5.41) is 10.0. The molecule has 11 rings (SSSR count). The minimum Gasteiger partial charge on any atom is -0.309 e. The van der Waals surface area contributed by atoms with E-state index in [4.69, 9.17) is 0 Å². The van der Waals surface area contributed by atoms with Crippen molar-refractivity contribution in [2.75, 3.05) is 0 Å². The second kappa shape index (κ2) is 11.3. The zero-order chi connectivity index (χ0) is 34.2. The SMILES string of the molecule is c1ccc(-c2c3ccc(-n4c5ccccc5c5ccccc54)cc3c(-c3ccccc3)c3ccc(-n4c5ccccc5c5ccccc54)cc23)cc1. The Morgan fingerprint density at radius 2 is 0.538 bits per heavy atom. The number of hydrogen-bond acceptors (Lipinski definition) is 0. The molecule has 0 amide bonds. The molecular weight excluding hydrogens is 629 g/mol. The van der Waals surface area contributed by atoms with Crippen LogP contribution in [0.1, 0.15) is 0 Å². The summed E-state index contributed by atoms with van der Waals surface area (Å²) in [6, 6.07) is 71.1. The lowest BCUT2D eigenvalue weighted by molar-refractivity contribution is 1.18. The van der Waals surface area contributed by atoms with Crippen LogP contribution in [-0.4, -0.2) is 9.13 Å². The highest BCUT2D eigenvalue weighted by atomic mass is 15.0. The van der Waals surface area contributed by atoms with Crippen molar-refractivity contribution in [1.82, 2.24) is 9.13 Å². The van der Waals surface area contributed by atoms with Crippen LogP contribution in [0, 0.1) is 0 Å². The van der Waals surface area contributed by atoms with Gasteiger partial charge in [-0.15, -0.1) is 0 Å². The van der Waals surface area contributed by atoms with Crippen LogP contribution in [0.5, 0.6) is 0 Å². The van der Waals surface area contributed by atoms with Crippen LogP contribution in [0.3, 0.4) is 0 Å². The van der Waals surface area contributed by atoms with E-state index in [1.54, 1.807) is 0 Å². The molecule has 242 valence electrons. The molecule has 2 aromatic heterocycles. The predicted octanol–water partition coefficient (Wildman–Crippen LogP) is 13.5. The molecule has 9 aromatic carbocycles. The van der Waals surface area contributed by atoms with E-state index >= 15 is 0 Å². The van der Waals surface area contributed by atoms with Gasteiger partial charge in [-0.05, 0) is 92.3 Å². The van der Waals surface area contributed by atoms with Crippen LogP contribution in [0.15, 0.2) is 194 Å². The van der Waals surface area contributed by atoms with E-state index in [-0.39, 0.29) is 0 Å². The van der Waals surface area contributed by atoms with E-state index in [0.717, 1.165) is 11.4 Å². The summed E-state index contributed by atoms with van der Waals surface area (Å²) in [5.41, 5.74) is 12.1. The highest BCUT2D eigenvalue weighted by Crippen LogP contribution is 2.46. The first kappa shape index (κ1) is 28.9. The van der Waals surface area contributed by atoms with Crippen LogP contribution in [-0.2, 0) is 0 Å². The minimum absolute atomic E-state index is 1.15. The van der Waals surface area contributed by atoms with Crippen molar-refractivity contribution in [2.45, 2.75) is 0 Å². The molecule has 2 heterocycles. The maximum atomic E-state index is 2.43. The fourth-order valence-electron chi connectivity index (χ4n) is 8.72. The minimum atomic E-state index is 1.15. The van der Waals surface area contributed by atoms with Crippen molar-refractivity contribution in [2.24, 2.45) is 0 Å². The highest BCUT2D eigenvalue weighted by Gasteiger charge is 2.21. The third-order valence-electron chi connectivity index (χ3n) is 10.9. The van der Waals surface area contributed by atoms with Crippen LogP contribution < -0.4 is 0 Å². The Balaban J connectivity index is 1.28. The first-order valence-corrected chi connectivity index (χ1v) is 17.9. The number of nitrogens with zero attached hydrogens (tertiary/aromatic N) is 2. The van der Waals surface area contributed by atoms with Crippen molar-refractivity contribution in [3.8, 4) is 33.6 Å². The standard InChI is InChI=1S/C50H32N2/c1-3-15-33(16-4-1)49-41-29-27-36(52-47-25-13-9-21-39(47)40-22-10-14-26-48(40)52)32-44(41)50(34-17-5-2-6-18-34)42-30-28-35(31-43(42)49)51-45-23-11-7-19-37(45)38-20-8-12-24-46(38)51/h1-32H. The third-order valence-corrected chi connectivity index (χ3v) is 10.9. The monoisotopic (exact) mass is 660 g/mol. The summed E-state index contributed by atoms with van der Waals surface area (Å²) in [6.45, 7) is 0. The maximum Gasteiger partial charge on any atom is 0.0541 e. The van der Waals surface area contributed by atoms with Crippen molar-refractivity contribution >= 4 is 65.2 Å². The van der Waals surface area contributed by atoms with Gasteiger partial charge >= 0.3 is 0 Å². The molecule has 0 unspecified atom stereocenters. The second-order valence-corrected chi connectivity index (χ2v) is 13.7. The first-order chi connectivity index (χ1) is 25.8. The molecule has 0 atom stereocenters. The molecule has 0 spiro atoms. The fourth-order valence-corrected chi connectivity index (χ4v) is 8.72. The van der Waals surface area contributed by atoms with Gasteiger partial charge in [-0.25, -0.2) is 0 Å². The lowest BCUT2D eigenvalue weighted by atomic mass is 9.85. The Morgan fingerprint density at radius 1 is 0.231 bits per heavy atom. The van der Waals surface area contributed by atoms with Gasteiger partial charge in [0.05, 0.1) is 22.1 Å². The van der Waals surface area contributed by atoms with Gasteiger partial charge in [0.15, 0.2) is 0 Å². The Labute approximate surface area is 301 Å². The van der Waals surface area contributed by atoms with Gasteiger partial charge in [-0.1, -0.05) is 146 Å². The normalized spacial score (nSPS) is 11.8. The smallest absolute Gasteiger partial charge is 0.0541 e. The second-order valence-electron chi connectivity index (χ2n) is 13.7. The van der Waals surface area contributed by atoms with Crippen LogP contribution in [0.25, 0.3) is 98.8 Å². The van der Waals surface area contributed by atoms with Crippen molar-refractivity contribution < 1.29 is 0 Å². The fraction of sp³-hybridized carbons (Fsp3) is 0. The topological polar surface area (TPSA) is 9.86 Å². The zero-order valence-electron chi connectivity index (χ0n) is 28.4. The van der Waals surface area contributed by atoms with Gasteiger partial charge in [0.25, 0.3) is 0 Å². The molecule has 2 nitrogen and oxygen atoms in total. The number of aromatic nitrogens is 2.